The molecule has 0 aromatic carbocycles. The smallest absolute Gasteiger partial charge is 0.379 e. The number of morpholine rings is 2. The lowest BCUT2D eigenvalue weighted by Gasteiger charge is -2.35. The molecule has 0 bridgehead atoms. The lowest BCUT2D eigenvalue weighted by molar-refractivity contribution is -0.688. The second-order valence-corrected chi connectivity index (χ2v) is 9.10. The molecule has 0 aliphatic carbocycles. The van der Waals surface area contributed by atoms with Gasteiger partial charge in [-0.15, -0.1) is 0 Å². The number of fused-ring (bicyclic) bond motifs is 3. The monoisotopic (exact) mass is 460 g/mol. The standard InChI is InChI=1S/C22H34N7O4/c1-16-17(2)29-18-19(23-21(29)27(16)6-4-25-8-12-32-13-9-25)24(3)22(31)28(20(18)30)7-5-26-10-14-33-15-11-26/h18H,4-15H2,1-3H3/q+1. The Morgan fingerprint density at radius 1 is 0.939 bits per heavy atom. The fourth-order valence-electron chi connectivity index (χ4n) is 5.11. The Hall–Kier alpha value is -2.34. The lowest BCUT2D eigenvalue weighted by atomic mass is 10.1. The first-order valence-electron chi connectivity index (χ1n) is 11.9. The molecule has 4 aliphatic heterocycles. The summed E-state index contributed by atoms with van der Waals surface area (Å²) >= 11 is 0. The number of carbonyl (C=O) groups excluding carboxylic acids is 2. The number of hydrogen-bond acceptors (Lipinski definition) is 7. The predicted octanol–water partition coefficient (Wildman–Crippen LogP) is -0.464. The van der Waals surface area contributed by atoms with Crippen LogP contribution in [0.15, 0.2) is 4.99 Å². The summed E-state index contributed by atoms with van der Waals surface area (Å²) in [5.41, 5.74) is 2.12. The van der Waals surface area contributed by atoms with Gasteiger partial charge in [-0.1, -0.05) is 4.99 Å². The van der Waals surface area contributed by atoms with E-state index in [1.54, 1.807) is 11.9 Å². The number of amides is 3. The Morgan fingerprint density at radius 2 is 1.55 bits per heavy atom. The zero-order chi connectivity index (χ0) is 23.1. The Labute approximate surface area is 194 Å². The van der Waals surface area contributed by atoms with E-state index in [-0.39, 0.29) is 11.9 Å². The third-order valence-corrected chi connectivity index (χ3v) is 7.31. The molecule has 5 heterocycles. The molecular formula is C22H34N7O4+. The van der Waals surface area contributed by atoms with Gasteiger partial charge in [-0.3, -0.25) is 24.4 Å². The van der Waals surface area contributed by atoms with Gasteiger partial charge in [0, 0.05) is 52.9 Å². The van der Waals surface area contributed by atoms with Crippen molar-refractivity contribution in [1.82, 2.24) is 24.2 Å². The third kappa shape index (κ3) is 3.96. The van der Waals surface area contributed by atoms with Crippen LogP contribution in [0.5, 0.6) is 0 Å². The number of ether oxygens (including phenoxy) is 2. The SMILES string of the molecule is Cc1c(C)[n+](CCN2CCOCC2)c2n1C1C(=O)N(CCN3CCOCC3)C(=O)N(C)C1=N2. The zero-order valence-corrected chi connectivity index (χ0v) is 19.8. The second kappa shape index (κ2) is 9.13. The van der Waals surface area contributed by atoms with Gasteiger partial charge in [-0.05, 0) is 13.8 Å². The Morgan fingerprint density at radius 3 is 2.18 bits per heavy atom. The molecule has 180 valence electrons. The first-order chi connectivity index (χ1) is 16.0. The van der Waals surface area contributed by atoms with Crippen LogP contribution in [-0.4, -0.2) is 121 Å². The largest absolute Gasteiger partial charge is 0.402 e. The van der Waals surface area contributed by atoms with E-state index < -0.39 is 6.04 Å². The van der Waals surface area contributed by atoms with Crippen molar-refractivity contribution in [2.24, 2.45) is 4.99 Å². The molecular weight excluding hydrogens is 426 g/mol. The maximum atomic E-state index is 13.6. The van der Waals surface area contributed by atoms with Crippen molar-refractivity contribution in [1.29, 1.82) is 0 Å². The minimum atomic E-state index is -0.587. The molecule has 1 unspecified atom stereocenters. The number of hydrogen-bond donors (Lipinski definition) is 0. The molecule has 11 nitrogen and oxygen atoms in total. The van der Waals surface area contributed by atoms with Crippen LogP contribution in [0.1, 0.15) is 17.4 Å². The van der Waals surface area contributed by atoms with Gasteiger partial charge < -0.3 is 9.47 Å². The number of rotatable bonds is 6. The van der Waals surface area contributed by atoms with Crippen LogP contribution in [0.4, 0.5) is 10.7 Å². The summed E-state index contributed by atoms with van der Waals surface area (Å²) in [6.45, 7) is 13.2. The number of carbonyl (C=O) groups is 2. The number of urea groups is 1. The zero-order valence-electron chi connectivity index (χ0n) is 19.8. The number of imide groups is 1. The Balaban J connectivity index is 1.37. The highest BCUT2D eigenvalue weighted by atomic mass is 16.5. The first kappa shape index (κ1) is 22.5. The lowest BCUT2D eigenvalue weighted by Crippen LogP contribution is -2.59. The fraction of sp³-hybridized carbons (Fsp3) is 0.727. The summed E-state index contributed by atoms with van der Waals surface area (Å²) in [5.74, 6) is 1.08. The molecule has 3 saturated heterocycles. The van der Waals surface area contributed by atoms with Crippen molar-refractivity contribution in [3.63, 3.8) is 0 Å². The molecule has 11 heteroatoms. The third-order valence-electron chi connectivity index (χ3n) is 7.31. The van der Waals surface area contributed by atoms with Crippen LogP contribution in [-0.2, 0) is 20.8 Å². The molecule has 3 fully saturated rings. The minimum absolute atomic E-state index is 0.192. The van der Waals surface area contributed by atoms with Crippen molar-refractivity contribution < 1.29 is 23.6 Å². The van der Waals surface area contributed by atoms with E-state index in [2.05, 4.69) is 21.3 Å². The van der Waals surface area contributed by atoms with Gasteiger partial charge in [-0.25, -0.2) is 13.9 Å². The van der Waals surface area contributed by atoms with E-state index in [0.29, 0.717) is 32.1 Å². The number of likely N-dealkylation sites (N-methyl/N-ethyl adjacent to an activating group) is 1. The number of amidine groups is 1. The molecule has 4 aliphatic rings. The second-order valence-electron chi connectivity index (χ2n) is 9.10. The van der Waals surface area contributed by atoms with E-state index >= 15 is 0 Å². The van der Waals surface area contributed by atoms with Crippen LogP contribution < -0.4 is 4.57 Å². The van der Waals surface area contributed by atoms with Crippen molar-refractivity contribution in [2.75, 3.05) is 79.3 Å². The predicted molar refractivity (Wildman–Crippen MR) is 120 cm³/mol. The maximum Gasteiger partial charge on any atom is 0.402 e. The number of nitrogens with zero attached hydrogens (tertiary/aromatic N) is 7. The summed E-state index contributed by atoms with van der Waals surface area (Å²) in [6, 6.07) is -0.890. The van der Waals surface area contributed by atoms with E-state index in [1.807, 2.05) is 11.5 Å². The van der Waals surface area contributed by atoms with Crippen molar-refractivity contribution >= 4 is 23.7 Å². The quantitative estimate of drug-likeness (QED) is 0.534. The highest BCUT2D eigenvalue weighted by molar-refractivity contribution is 6.20. The average Bonchev–Trinajstić information content (AvgIpc) is 3.33. The minimum Gasteiger partial charge on any atom is -0.379 e. The van der Waals surface area contributed by atoms with Crippen molar-refractivity contribution in [3.05, 3.63) is 11.4 Å². The molecule has 3 amide bonds. The Bertz CT molecular complexity index is 962. The normalized spacial score (nSPS) is 24.3. The molecule has 0 radical (unpaired) electrons. The van der Waals surface area contributed by atoms with Gasteiger partial charge >= 0.3 is 12.0 Å². The van der Waals surface area contributed by atoms with E-state index in [4.69, 9.17) is 14.5 Å². The van der Waals surface area contributed by atoms with Crippen LogP contribution in [0.3, 0.4) is 0 Å². The maximum absolute atomic E-state index is 13.6. The summed E-state index contributed by atoms with van der Waals surface area (Å²) in [4.78, 5) is 39.0. The topological polar surface area (TPSA) is 86.7 Å². The molecule has 0 saturated carbocycles. The Kier molecular flexibility index (Phi) is 6.21. The molecule has 1 atom stereocenters. The molecule has 1 aromatic rings. The molecule has 33 heavy (non-hydrogen) atoms. The highest BCUT2D eigenvalue weighted by Crippen LogP contribution is 2.35. The first-order valence-corrected chi connectivity index (χ1v) is 11.9. The van der Waals surface area contributed by atoms with Gasteiger partial charge in [0.05, 0.1) is 33.0 Å². The molecule has 0 N–H and O–H groups in total. The summed E-state index contributed by atoms with van der Waals surface area (Å²) in [7, 11) is 1.72. The van der Waals surface area contributed by atoms with Gasteiger partial charge in [0.2, 0.25) is 11.9 Å². The summed E-state index contributed by atoms with van der Waals surface area (Å²) < 4.78 is 15.1. The average molecular weight is 461 g/mol. The van der Waals surface area contributed by atoms with E-state index in [9.17, 15) is 9.59 Å². The van der Waals surface area contributed by atoms with Gasteiger partial charge in [0.15, 0.2) is 0 Å². The summed E-state index contributed by atoms with van der Waals surface area (Å²) in [6.07, 6.45) is 0. The van der Waals surface area contributed by atoms with E-state index in [1.165, 1.54) is 4.90 Å². The van der Waals surface area contributed by atoms with Crippen molar-refractivity contribution in [2.45, 2.75) is 26.4 Å². The summed E-state index contributed by atoms with van der Waals surface area (Å²) in [5, 5.41) is 0. The highest BCUT2D eigenvalue weighted by Gasteiger charge is 2.54. The van der Waals surface area contributed by atoms with Crippen LogP contribution in [0, 0.1) is 13.8 Å². The van der Waals surface area contributed by atoms with Gasteiger partial charge in [0.25, 0.3) is 5.91 Å². The number of imidazole rings is 1. The van der Waals surface area contributed by atoms with Crippen molar-refractivity contribution in [3.8, 4) is 0 Å². The van der Waals surface area contributed by atoms with Gasteiger partial charge in [0.1, 0.15) is 11.4 Å². The molecule has 0 spiro atoms. The van der Waals surface area contributed by atoms with E-state index in [0.717, 1.165) is 69.8 Å². The van der Waals surface area contributed by atoms with Crippen LogP contribution in [0.2, 0.25) is 0 Å². The fourth-order valence-corrected chi connectivity index (χ4v) is 5.11. The van der Waals surface area contributed by atoms with Crippen LogP contribution >= 0.6 is 0 Å². The molecule has 1 aromatic heterocycles. The number of aliphatic imine (C=N–C) groups is 1. The van der Waals surface area contributed by atoms with Crippen LogP contribution in [0.25, 0.3) is 0 Å². The van der Waals surface area contributed by atoms with Gasteiger partial charge in [-0.2, -0.15) is 0 Å². The number of aromatic nitrogens is 2. The molecule has 5 rings (SSSR count).